The quantitative estimate of drug-likeness (QED) is 0.796. The lowest BCUT2D eigenvalue weighted by atomic mass is 10.1. The third kappa shape index (κ3) is 2.05. The highest BCUT2D eigenvalue weighted by Crippen LogP contribution is 2.26. The molecule has 0 N–H and O–H groups in total. The van der Waals surface area contributed by atoms with Gasteiger partial charge in [-0.05, 0) is 34.0 Å². The number of hydrogen-bond donors (Lipinski definition) is 0. The summed E-state index contributed by atoms with van der Waals surface area (Å²) in [7, 11) is 1.72. The average molecular weight is 230 g/mol. The average Bonchev–Trinajstić information content (AvgIpc) is 2.10. The maximum Gasteiger partial charge on any atom is 0.0830 e. The number of hydrogen-bond acceptors (Lipinski definition) is 2. The molecule has 3 heteroatoms. The van der Waals surface area contributed by atoms with Crippen molar-refractivity contribution in [1.29, 1.82) is 0 Å². The second-order valence-electron chi connectivity index (χ2n) is 2.53. The monoisotopic (exact) mass is 229 g/mol. The van der Waals surface area contributed by atoms with Gasteiger partial charge in [-0.1, -0.05) is 6.92 Å². The van der Waals surface area contributed by atoms with Crippen molar-refractivity contribution in [3.8, 4) is 0 Å². The highest BCUT2D eigenvalue weighted by molar-refractivity contribution is 9.10. The molecular weight excluding hydrogens is 218 g/mol. The van der Waals surface area contributed by atoms with E-state index >= 15 is 0 Å². The molecule has 0 aromatic carbocycles. The lowest BCUT2D eigenvalue weighted by Gasteiger charge is -2.14. The molecule has 0 fully saturated rings. The summed E-state index contributed by atoms with van der Waals surface area (Å²) in [5.41, 5.74) is 1.16. The molecule has 1 aromatic heterocycles. The zero-order chi connectivity index (χ0) is 8.97. The molecule has 1 aromatic rings. The van der Waals surface area contributed by atoms with Gasteiger partial charge in [0.2, 0.25) is 0 Å². The molecule has 0 saturated carbocycles. The molecule has 0 radical (unpaired) electrons. The van der Waals surface area contributed by atoms with Gasteiger partial charge in [0.1, 0.15) is 0 Å². The third-order valence-corrected chi connectivity index (χ3v) is 2.47. The summed E-state index contributed by atoms with van der Waals surface area (Å²) in [6.07, 6.45) is 4.71. The molecule has 0 aliphatic carbocycles. The molecule has 0 amide bonds. The second kappa shape index (κ2) is 4.58. The van der Waals surface area contributed by atoms with Gasteiger partial charge in [0.25, 0.3) is 0 Å². The molecule has 1 unspecified atom stereocenters. The molecule has 12 heavy (non-hydrogen) atoms. The Bertz CT molecular complexity index is 248. The predicted molar refractivity (Wildman–Crippen MR) is 52.0 cm³/mol. The zero-order valence-electron chi connectivity index (χ0n) is 7.25. The molecule has 0 bridgehead atoms. The summed E-state index contributed by atoms with van der Waals surface area (Å²) in [6.45, 7) is 2.10. The Morgan fingerprint density at radius 1 is 1.67 bits per heavy atom. The number of nitrogens with zero attached hydrogens (tertiary/aromatic N) is 1. The van der Waals surface area contributed by atoms with Crippen molar-refractivity contribution in [2.45, 2.75) is 19.4 Å². The van der Waals surface area contributed by atoms with Crippen molar-refractivity contribution in [2.75, 3.05) is 7.11 Å². The molecule has 0 saturated heterocycles. The molecule has 0 spiro atoms. The minimum Gasteiger partial charge on any atom is -0.377 e. The van der Waals surface area contributed by atoms with Gasteiger partial charge < -0.3 is 4.74 Å². The number of halogens is 1. The first-order chi connectivity index (χ1) is 5.79. The lowest BCUT2D eigenvalue weighted by Crippen LogP contribution is -2.00. The minimum atomic E-state index is 0.169. The maximum atomic E-state index is 5.31. The van der Waals surface area contributed by atoms with Crippen molar-refractivity contribution in [3.63, 3.8) is 0 Å². The Morgan fingerprint density at radius 3 is 2.92 bits per heavy atom. The van der Waals surface area contributed by atoms with Gasteiger partial charge in [-0.2, -0.15) is 0 Å². The predicted octanol–water partition coefficient (Wildman–Crippen LogP) is 2.94. The first kappa shape index (κ1) is 9.68. The van der Waals surface area contributed by atoms with E-state index in [0.29, 0.717) is 0 Å². The number of methoxy groups -OCH3 is 1. The highest BCUT2D eigenvalue weighted by atomic mass is 79.9. The van der Waals surface area contributed by atoms with E-state index in [1.54, 1.807) is 19.5 Å². The van der Waals surface area contributed by atoms with Crippen molar-refractivity contribution in [3.05, 3.63) is 28.5 Å². The molecule has 2 nitrogen and oxygen atoms in total. The lowest BCUT2D eigenvalue weighted by molar-refractivity contribution is 0.0994. The summed E-state index contributed by atoms with van der Waals surface area (Å²) < 4.78 is 6.32. The number of aromatic nitrogens is 1. The summed E-state index contributed by atoms with van der Waals surface area (Å²) in [5, 5.41) is 0. The van der Waals surface area contributed by atoms with Gasteiger partial charge in [0.05, 0.1) is 6.10 Å². The molecule has 0 aliphatic rings. The Balaban J connectivity index is 2.92. The van der Waals surface area contributed by atoms with E-state index in [1.165, 1.54) is 0 Å². The molecular formula is C9H12BrNO. The fourth-order valence-electron chi connectivity index (χ4n) is 1.16. The van der Waals surface area contributed by atoms with Crippen molar-refractivity contribution < 1.29 is 4.74 Å². The zero-order valence-corrected chi connectivity index (χ0v) is 8.84. The molecule has 0 aliphatic heterocycles. The molecule has 66 valence electrons. The van der Waals surface area contributed by atoms with Crippen LogP contribution < -0.4 is 0 Å². The van der Waals surface area contributed by atoms with Gasteiger partial charge >= 0.3 is 0 Å². The van der Waals surface area contributed by atoms with Crippen LogP contribution in [0, 0.1) is 0 Å². The first-order valence-corrected chi connectivity index (χ1v) is 4.71. The van der Waals surface area contributed by atoms with E-state index < -0.39 is 0 Å². The van der Waals surface area contributed by atoms with Crippen molar-refractivity contribution >= 4 is 15.9 Å². The van der Waals surface area contributed by atoms with E-state index in [4.69, 9.17) is 4.74 Å². The second-order valence-corrected chi connectivity index (χ2v) is 3.38. The third-order valence-electron chi connectivity index (χ3n) is 1.81. The Kier molecular flexibility index (Phi) is 3.69. The molecule has 1 heterocycles. The Hall–Kier alpha value is -0.410. The van der Waals surface area contributed by atoms with Crippen LogP contribution in [0.25, 0.3) is 0 Å². The fourth-order valence-corrected chi connectivity index (χ4v) is 1.67. The molecule has 1 rings (SSSR count). The van der Waals surface area contributed by atoms with Crippen LogP contribution in [-0.4, -0.2) is 12.1 Å². The van der Waals surface area contributed by atoms with Gasteiger partial charge in [-0.3, -0.25) is 4.98 Å². The van der Waals surface area contributed by atoms with Gasteiger partial charge in [0, 0.05) is 24.0 Å². The summed E-state index contributed by atoms with van der Waals surface area (Å²) in [5.74, 6) is 0. The topological polar surface area (TPSA) is 22.1 Å². The SMILES string of the molecule is CCC(OC)c1ccncc1Br. The van der Waals surface area contributed by atoms with Crippen LogP contribution in [0.15, 0.2) is 22.9 Å². The number of ether oxygens (including phenoxy) is 1. The minimum absolute atomic E-state index is 0.169. The van der Waals surface area contributed by atoms with Crippen molar-refractivity contribution in [2.24, 2.45) is 0 Å². The normalized spacial score (nSPS) is 12.9. The standard InChI is InChI=1S/C9H12BrNO/c1-3-9(12-2)7-4-5-11-6-8(7)10/h4-6,9H,3H2,1-2H3. The Labute approximate surface area is 81.1 Å². The van der Waals surface area contributed by atoms with Gasteiger partial charge in [-0.15, -0.1) is 0 Å². The number of rotatable bonds is 3. The number of pyridine rings is 1. The van der Waals surface area contributed by atoms with Crippen LogP contribution in [-0.2, 0) is 4.74 Å². The summed E-state index contributed by atoms with van der Waals surface area (Å²) >= 11 is 3.44. The maximum absolute atomic E-state index is 5.31. The van der Waals surface area contributed by atoms with Crippen molar-refractivity contribution in [1.82, 2.24) is 4.98 Å². The van der Waals surface area contributed by atoms with E-state index in [-0.39, 0.29) is 6.10 Å². The van der Waals surface area contributed by atoms with Crippen LogP contribution >= 0.6 is 15.9 Å². The fraction of sp³-hybridized carbons (Fsp3) is 0.444. The van der Waals surface area contributed by atoms with Crippen LogP contribution in [0.2, 0.25) is 0 Å². The van der Waals surface area contributed by atoms with E-state index in [0.717, 1.165) is 16.5 Å². The summed E-state index contributed by atoms with van der Waals surface area (Å²) in [6, 6.07) is 1.97. The van der Waals surface area contributed by atoms with E-state index in [9.17, 15) is 0 Å². The van der Waals surface area contributed by atoms with Crippen LogP contribution in [0.1, 0.15) is 25.0 Å². The Morgan fingerprint density at radius 2 is 2.42 bits per heavy atom. The summed E-state index contributed by atoms with van der Waals surface area (Å²) in [4.78, 5) is 3.99. The van der Waals surface area contributed by atoms with E-state index in [1.807, 2.05) is 6.07 Å². The van der Waals surface area contributed by atoms with E-state index in [2.05, 4.69) is 27.8 Å². The largest absolute Gasteiger partial charge is 0.377 e. The van der Waals surface area contributed by atoms with Crippen LogP contribution in [0.3, 0.4) is 0 Å². The van der Waals surface area contributed by atoms with Gasteiger partial charge in [-0.25, -0.2) is 0 Å². The van der Waals surface area contributed by atoms with Crippen LogP contribution in [0.5, 0.6) is 0 Å². The van der Waals surface area contributed by atoms with Crippen LogP contribution in [0.4, 0.5) is 0 Å². The van der Waals surface area contributed by atoms with Gasteiger partial charge in [0.15, 0.2) is 0 Å². The smallest absolute Gasteiger partial charge is 0.0830 e. The highest BCUT2D eigenvalue weighted by Gasteiger charge is 2.10. The first-order valence-electron chi connectivity index (χ1n) is 3.91. The molecule has 1 atom stereocenters.